The monoisotopic (exact) mass is 354 g/mol. The molecule has 1 saturated carbocycles. The summed E-state index contributed by atoms with van der Waals surface area (Å²) < 4.78 is 0. The number of hydrogen-bond donors (Lipinski definition) is 0. The predicted octanol–water partition coefficient (Wildman–Crippen LogP) is 4.07. The molecular formula is C20H22N2O2S. The van der Waals surface area contributed by atoms with Crippen molar-refractivity contribution in [2.75, 3.05) is 6.54 Å². The summed E-state index contributed by atoms with van der Waals surface area (Å²) in [6.07, 6.45) is 8.04. The number of thiophene rings is 1. The van der Waals surface area contributed by atoms with Crippen molar-refractivity contribution in [2.24, 2.45) is 0 Å². The van der Waals surface area contributed by atoms with E-state index in [1.54, 1.807) is 18.3 Å². The number of fused-ring (bicyclic) bond motifs is 2. The van der Waals surface area contributed by atoms with E-state index in [-0.39, 0.29) is 11.6 Å². The molecule has 0 spiro atoms. The summed E-state index contributed by atoms with van der Waals surface area (Å²) in [6.45, 7) is 4.01. The van der Waals surface area contributed by atoms with E-state index >= 15 is 0 Å². The van der Waals surface area contributed by atoms with Gasteiger partial charge in [0, 0.05) is 29.2 Å². The second kappa shape index (κ2) is 6.81. The molecule has 2 aromatic rings. The molecule has 0 bridgehead atoms. The van der Waals surface area contributed by atoms with Crippen molar-refractivity contribution in [3.05, 3.63) is 51.0 Å². The number of rotatable bonds is 4. The van der Waals surface area contributed by atoms with Crippen molar-refractivity contribution in [3.63, 3.8) is 0 Å². The molecule has 2 aliphatic carbocycles. The van der Waals surface area contributed by atoms with Gasteiger partial charge in [-0.3, -0.25) is 19.5 Å². The molecule has 0 aliphatic heterocycles. The molecule has 4 rings (SSSR count). The molecule has 0 saturated heterocycles. The van der Waals surface area contributed by atoms with Crippen LogP contribution in [0.1, 0.15) is 75.2 Å². The molecule has 0 unspecified atom stereocenters. The van der Waals surface area contributed by atoms with Gasteiger partial charge in [-0.25, -0.2) is 0 Å². The number of pyridine rings is 1. The Hall–Kier alpha value is -1.85. The fourth-order valence-electron chi connectivity index (χ4n) is 4.02. The van der Waals surface area contributed by atoms with Crippen LogP contribution in [0.2, 0.25) is 0 Å². The third-order valence-electron chi connectivity index (χ3n) is 5.36. The highest BCUT2D eigenvalue weighted by molar-refractivity contribution is 7.14. The minimum absolute atomic E-state index is 0.0605. The Bertz CT molecular complexity index is 768. The first-order valence-electron chi connectivity index (χ1n) is 9.10. The maximum Gasteiger partial charge on any atom is 0.213 e. The minimum Gasteiger partial charge on any atom is -0.296 e. The second-order valence-corrected chi connectivity index (χ2v) is 8.01. The zero-order chi connectivity index (χ0) is 17.4. The molecule has 0 atom stereocenters. The van der Waals surface area contributed by atoms with E-state index in [2.05, 4.69) is 16.8 Å². The van der Waals surface area contributed by atoms with Gasteiger partial charge >= 0.3 is 0 Å². The minimum atomic E-state index is -0.117. The maximum atomic E-state index is 12.7. The number of nitrogens with zero attached hydrogens (tertiary/aromatic N) is 2. The van der Waals surface area contributed by atoms with E-state index in [4.69, 9.17) is 0 Å². The van der Waals surface area contributed by atoms with Crippen LogP contribution in [0, 0.1) is 0 Å². The van der Waals surface area contributed by atoms with E-state index in [1.807, 2.05) is 6.07 Å². The lowest BCUT2D eigenvalue weighted by Crippen LogP contribution is -2.35. The van der Waals surface area contributed by atoms with Crippen LogP contribution in [0.3, 0.4) is 0 Å². The van der Waals surface area contributed by atoms with Crippen molar-refractivity contribution in [1.82, 2.24) is 9.88 Å². The van der Waals surface area contributed by atoms with Crippen molar-refractivity contribution < 1.29 is 9.59 Å². The third-order valence-corrected chi connectivity index (χ3v) is 6.48. The van der Waals surface area contributed by atoms with E-state index in [1.165, 1.54) is 43.4 Å². The Morgan fingerprint density at radius 3 is 2.72 bits per heavy atom. The lowest BCUT2D eigenvalue weighted by atomic mass is 9.93. The third kappa shape index (κ3) is 2.96. The second-order valence-electron chi connectivity index (χ2n) is 6.87. The highest BCUT2D eigenvalue weighted by Gasteiger charge is 2.33. The summed E-state index contributed by atoms with van der Waals surface area (Å²) in [5.41, 5.74) is 1.27. The highest BCUT2D eigenvalue weighted by atomic mass is 32.1. The average molecular weight is 354 g/mol. The van der Waals surface area contributed by atoms with Gasteiger partial charge in [-0.1, -0.05) is 26.2 Å². The molecule has 0 amide bonds. The molecular weight excluding hydrogens is 332 g/mol. The van der Waals surface area contributed by atoms with Crippen LogP contribution in [0.4, 0.5) is 0 Å². The first-order chi connectivity index (χ1) is 12.2. The zero-order valence-electron chi connectivity index (χ0n) is 14.5. The molecule has 25 heavy (non-hydrogen) atoms. The summed E-state index contributed by atoms with van der Waals surface area (Å²) in [6, 6.07) is 5.96. The largest absolute Gasteiger partial charge is 0.296 e. The maximum absolute atomic E-state index is 12.7. The van der Waals surface area contributed by atoms with E-state index in [0.29, 0.717) is 27.7 Å². The first kappa shape index (κ1) is 16.6. The lowest BCUT2D eigenvalue weighted by Gasteiger charge is -2.33. The SMILES string of the molecule is CCN(Cc1cc2c(s1)C(=O)c1cccnc1C2=O)C1CCCCC1. The van der Waals surface area contributed by atoms with E-state index in [0.717, 1.165) is 18.0 Å². The molecule has 130 valence electrons. The van der Waals surface area contributed by atoms with Gasteiger partial charge in [0.05, 0.1) is 10.4 Å². The number of aromatic nitrogens is 1. The van der Waals surface area contributed by atoms with Crippen LogP contribution in [-0.4, -0.2) is 34.0 Å². The van der Waals surface area contributed by atoms with Gasteiger partial charge < -0.3 is 0 Å². The van der Waals surface area contributed by atoms with Gasteiger partial charge in [-0.05, 0) is 37.6 Å². The molecule has 0 N–H and O–H groups in total. The molecule has 0 radical (unpaired) electrons. The first-order valence-corrected chi connectivity index (χ1v) is 9.92. The quantitative estimate of drug-likeness (QED) is 0.708. The Labute approximate surface area is 151 Å². The van der Waals surface area contributed by atoms with Gasteiger partial charge in [-0.15, -0.1) is 11.3 Å². The van der Waals surface area contributed by atoms with Crippen LogP contribution < -0.4 is 0 Å². The Morgan fingerprint density at radius 2 is 1.96 bits per heavy atom. The van der Waals surface area contributed by atoms with Crippen LogP contribution in [0.5, 0.6) is 0 Å². The summed E-state index contributed by atoms with van der Waals surface area (Å²) in [4.78, 5) is 33.7. The summed E-state index contributed by atoms with van der Waals surface area (Å²) in [5, 5.41) is 0. The normalized spacial score (nSPS) is 17.7. The molecule has 2 aliphatic rings. The van der Waals surface area contributed by atoms with E-state index in [9.17, 15) is 9.59 Å². The molecule has 1 fully saturated rings. The van der Waals surface area contributed by atoms with Gasteiger partial charge in [-0.2, -0.15) is 0 Å². The van der Waals surface area contributed by atoms with Gasteiger partial charge in [0.25, 0.3) is 0 Å². The van der Waals surface area contributed by atoms with Crippen molar-refractivity contribution in [1.29, 1.82) is 0 Å². The summed E-state index contributed by atoms with van der Waals surface area (Å²) in [7, 11) is 0. The highest BCUT2D eigenvalue weighted by Crippen LogP contribution is 2.34. The lowest BCUT2D eigenvalue weighted by molar-refractivity contribution is 0.0978. The summed E-state index contributed by atoms with van der Waals surface area (Å²) >= 11 is 1.48. The molecule has 2 heterocycles. The standard InChI is InChI=1S/C20H22N2O2S/c1-2-22(13-7-4-3-5-8-13)12-14-11-16-18(23)17-15(9-6-10-21-17)19(24)20(16)25-14/h6,9-11,13H,2-5,7-8,12H2,1H3. The fourth-order valence-corrected chi connectivity index (χ4v) is 5.16. The fraction of sp³-hybridized carbons (Fsp3) is 0.450. The number of carbonyl (C=O) groups is 2. The van der Waals surface area contributed by atoms with Crippen LogP contribution in [-0.2, 0) is 6.54 Å². The molecule has 2 aromatic heterocycles. The Morgan fingerprint density at radius 1 is 1.16 bits per heavy atom. The van der Waals surface area contributed by atoms with Crippen LogP contribution in [0.25, 0.3) is 0 Å². The molecule has 4 nitrogen and oxygen atoms in total. The zero-order valence-corrected chi connectivity index (χ0v) is 15.3. The Kier molecular flexibility index (Phi) is 4.52. The topological polar surface area (TPSA) is 50.3 Å². The van der Waals surface area contributed by atoms with Gasteiger partial charge in [0.2, 0.25) is 11.6 Å². The van der Waals surface area contributed by atoms with Crippen molar-refractivity contribution >= 4 is 22.9 Å². The predicted molar refractivity (Wildman–Crippen MR) is 98.4 cm³/mol. The Balaban J connectivity index is 1.61. The van der Waals surface area contributed by atoms with Crippen molar-refractivity contribution in [2.45, 2.75) is 51.6 Å². The molecule has 0 aromatic carbocycles. The summed E-state index contributed by atoms with van der Waals surface area (Å²) in [5.74, 6) is -0.178. The number of carbonyl (C=O) groups excluding carboxylic acids is 2. The van der Waals surface area contributed by atoms with Crippen molar-refractivity contribution in [3.8, 4) is 0 Å². The van der Waals surface area contributed by atoms with Gasteiger partial charge in [0.1, 0.15) is 5.69 Å². The van der Waals surface area contributed by atoms with Gasteiger partial charge in [0.15, 0.2) is 0 Å². The number of ketones is 2. The molecule has 5 heteroatoms. The van der Waals surface area contributed by atoms with Crippen LogP contribution in [0.15, 0.2) is 24.4 Å². The van der Waals surface area contributed by atoms with Crippen LogP contribution >= 0.6 is 11.3 Å². The average Bonchev–Trinajstić information content (AvgIpc) is 3.09. The van der Waals surface area contributed by atoms with E-state index < -0.39 is 0 Å². The smallest absolute Gasteiger partial charge is 0.213 e. The number of hydrogen-bond acceptors (Lipinski definition) is 5.